The van der Waals surface area contributed by atoms with Crippen molar-refractivity contribution < 1.29 is 23.9 Å². The van der Waals surface area contributed by atoms with Crippen molar-refractivity contribution in [2.45, 2.75) is 33.8 Å². The lowest BCUT2D eigenvalue weighted by molar-refractivity contribution is -0.152. The molecule has 0 aliphatic heterocycles. The molecule has 0 spiro atoms. The topological polar surface area (TPSA) is 93.7 Å². The third-order valence-corrected chi connectivity index (χ3v) is 4.23. The lowest BCUT2D eigenvalue weighted by atomic mass is 10.1. The molecule has 0 saturated carbocycles. The summed E-state index contributed by atoms with van der Waals surface area (Å²) in [6, 6.07) is 12.4. The van der Waals surface area contributed by atoms with Crippen LogP contribution < -0.4 is 15.4 Å². The van der Waals surface area contributed by atoms with Gasteiger partial charge in [0.15, 0.2) is 6.10 Å². The molecule has 0 heterocycles. The summed E-state index contributed by atoms with van der Waals surface area (Å²) < 4.78 is 10.5. The number of nitrogens with one attached hydrogen (secondary N) is 2. The fourth-order valence-corrected chi connectivity index (χ4v) is 2.71. The summed E-state index contributed by atoms with van der Waals surface area (Å²) in [5.74, 6) is -1.18. The summed E-state index contributed by atoms with van der Waals surface area (Å²) in [6.45, 7) is 7.12. The van der Waals surface area contributed by atoms with E-state index in [1.165, 1.54) is 6.92 Å². The second kappa shape index (κ2) is 10.3. The number of rotatable bonds is 8. The molecule has 0 aliphatic carbocycles. The first-order chi connectivity index (χ1) is 13.8. The van der Waals surface area contributed by atoms with Crippen LogP contribution in [0.2, 0.25) is 0 Å². The van der Waals surface area contributed by atoms with Crippen LogP contribution in [0.15, 0.2) is 42.5 Å². The van der Waals surface area contributed by atoms with E-state index in [0.29, 0.717) is 23.6 Å². The van der Waals surface area contributed by atoms with E-state index in [1.54, 1.807) is 24.3 Å². The van der Waals surface area contributed by atoms with Crippen LogP contribution in [0.3, 0.4) is 0 Å². The van der Waals surface area contributed by atoms with Crippen molar-refractivity contribution in [3.8, 4) is 5.75 Å². The highest BCUT2D eigenvalue weighted by Crippen LogP contribution is 2.20. The van der Waals surface area contributed by atoms with E-state index in [2.05, 4.69) is 10.6 Å². The maximum Gasteiger partial charge on any atom is 0.326 e. The molecule has 2 rings (SSSR count). The second-order valence-corrected chi connectivity index (χ2v) is 6.50. The van der Waals surface area contributed by atoms with Gasteiger partial charge < -0.3 is 20.1 Å². The number of ether oxygens (including phenoxy) is 2. The Bertz CT molecular complexity index is 874. The second-order valence-electron chi connectivity index (χ2n) is 6.50. The molecule has 7 heteroatoms. The molecule has 29 heavy (non-hydrogen) atoms. The minimum Gasteiger partial charge on any atom is -0.493 e. The normalized spacial score (nSPS) is 11.3. The van der Waals surface area contributed by atoms with Gasteiger partial charge in [0.1, 0.15) is 12.3 Å². The first-order valence-electron chi connectivity index (χ1n) is 9.40. The number of esters is 1. The van der Waals surface area contributed by atoms with E-state index in [-0.39, 0.29) is 6.54 Å². The summed E-state index contributed by atoms with van der Waals surface area (Å²) >= 11 is 0. The molecular formula is C22H26N2O5. The van der Waals surface area contributed by atoms with Crippen LogP contribution in [-0.4, -0.2) is 37.0 Å². The van der Waals surface area contributed by atoms with Gasteiger partial charge in [0, 0.05) is 5.69 Å². The van der Waals surface area contributed by atoms with Crippen LogP contribution in [0, 0.1) is 13.8 Å². The van der Waals surface area contributed by atoms with Crippen molar-refractivity contribution >= 4 is 23.5 Å². The lowest BCUT2D eigenvalue weighted by Crippen LogP contribution is -2.36. The van der Waals surface area contributed by atoms with E-state index >= 15 is 0 Å². The Morgan fingerprint density at radius 3 is 2.31 bits per heavy atom. The average Bonchev–Trinajstić information content (AvgIpc) is 2.69. The Morgan fingerprint density at radius 2 is 1.66 bits per heavy atom. The van der Waals surface area contributed by atoms with Gasteiger partial charge in [0.05, 0.1) is 12.2 Å². The molecule has 7 nitrogen and oxygen atoms in total. The molecular weight excluding hydrogens is 372 g/mol. The molecule has 0 aliphatic rings. The third-order valence-electron chi connectivity index (χ3n) is 4.23. The zero-order valence-corrected chi connectivity index (χ0v) is 17.1. The number of carbonyl (C=O) groups is 3. The average molecular weight is 398 g/mol. The fraction of sp³-hybridized carbons (Fsp3) is 0.318. The molecule has 0 saturated heterocycles. The summed E-state index contributed by atoms with van der Waals surface area (Å²) in [4.78, 5) is 36.7. The van der Waals surface area contributed by atoms with Crippen molar-refractivity contribution in [3.05, 3.63) is 59.2 Å². The highest BCUT2D eigenvalue weighted by Gasteiger charge is 2.20. The number of hydrogen-bond donors (Lipinski definition) is 2. The standard InChI is InChI=1S/C22H26N2O5/c1-5-28-18-12-7-6-11-17(18)22(27)23-13-19(25)29-16(4)21(26)24-20-14(2)9-8-10-15(20)3/h6-12,16H,5,13H2,1-4H3,(H,23,27)(H,24,26). The first kappa shape index (κ1) is 21.9. The molecule has 2 N–H and O–H groups in total. The molecule has 0 fully saturated rings. The van der Waals surface area contributed by atoms with Crippen LogP contribution in [0.4, 0.5) is 5.69 Å². The lowest BCUT2D eigenvalue weighted by Gasteiger charge is -2.16. The highest BCUT2D eigenvalue weighted by atomic mass is 16.5. The van der Waals surface area contributed by atoms with Crippen LogP contribution in [0.5, 0.6) is 5.75 Å². The zero-order chi connectivity index (χ0) is 21.4. The molecule has 1 atom stereocenters. The number of para-hydroxylation sites is 2. The van der Waals surface area contributed by atoms with Crippen LogP contribution >= 0.6 is 0 Å². The Morgan fingerprint density at radius 1 is 1.00 bits per heavy atom. The van der Waals surface area contributed by atoms with E-state index in [4.69, 9.17) is 9.47 Å². The Kier molecular flexibility index (Phi) is 7.77. The summed E-state index contributed by atoms with van der Waals surface area (Å²) in [6.07, 6.45) is -1.01. The molecule has 0 radical (unpaired) electrons. The van der Waals surface area contributed by atoms with Crippen molar-refractivity contribution in [1.29, 1.82) is 0 Å². The van der Waals surface area contributed by atoms with E-state index in [1.807, 2.05) is 39.0 Å². The molecule has 2 aromatic rings. The van der Waals surface area contributed by atoms with Crippen molar-refractivity contribution in [3.63, 3.8) is 0 Å². The molecule has 0 aromatic heterocycles. The predicted molar refractivity (Wildman–Crippen MR) is 110 cm³/mol. The summed E-state index contributed by atoms with van der Waals surface area (Å²) in [5.41, 5.74) is 2.85. The van der Waals surface area contributed by atoms with Gasteiger partial charge in [-0.25, -0.2) is 0 Å². The minimum atomic E-state index is -1.01. The Hall–Kier alpha value is -3.35. The Balaban J connectivity index is 1.88. The van der Waals surface area contributed by atoms with E-state index in [9.17, 15) is 14.4 Å². The first-order valence-corrected chi connectivity index (χ1v) is 9.40. The Labute approximate surface area is 170 Å². The van der Waals surface area contributed by atoms with Gasteiger partial charge in [-0.1, -0.05) is 30.3 Å². The number of anilines is 1. The van der Waals surface area contributed by atoms with Gasteiger partial charge in [-0.05, 0) is 51.0 Å². The number of benzene rings is 2. The quantitative estimate of drug-likeness (QED) is 0.667. The molecule has 2 amide bonds. The van der Waals surface area contributed by atoms with Crippen LogP contribution in [-0.2, 0) is 14.3 Å². The minimum absolute atomic E-state index is 0.322. The SMILES string of the molecule is CCOc1ccccc1C(=O)NCC(=O)OC(C)C(=O)Nc1c(C)cccc1C. The maximum atomic E-state index is 12.3. The largest absolute Gasteiger partial charge is 0.493 e. The van der Waals surface area contributed by atoms with E-state index in [0.717, 1.165) is 11.1 Å². The van der Waals surface area contributed by atoms with Crippen LogP contribution in [0.1, 0.15) is 35.3 Å². The summed E-state index contributed by atoms with van der Waals surface area (Å²) in [5, 5.41) is 5.26. The van der Waals surface area contributed by atoms with Crippen molar-refractivity contribution in [2.24, 2.45) is 0 Å². The van der Waals surface area contributed by atoms with Gasteiger partial charge in [-0.15, -0.1) is 0 Å². The monoisotopic (exact) mass is 398 g/mol. The highest BCUT2D eigenvalue weighted by molar-refractivity contribution is 5.99. The number of hydrogen-bond acceptors (Lipinski definition) is 5. The van der Waals surface area contributed by atoms with Gasteiger partial charge in [0.25, 0.3) is 11.8 Å². The maximum absolute atomic E-state index is 12.3. The van der Waals surface area contributed by atoms with Gasteiger partial charge in [-0.2, -0.15) is 0 Å². The third kappa shape index (κ3) is 6.07. The molecule has 154 valence electrons. The fourth-order valence-electron chi connectivity index (χ4n) is 2.71. The summed E-state index contributed by atoms with van der Waals surface area (Å²) in [7, 11) is 0. The van der Waals surface area contributed by atoms with E-state index < -0.39 is 23.9 Å². The molecule has 2 aromatic carbocycles. The smallest absolute Gasteiger partial charge is 0.326 e. The number of aryl methyl sites for hydroxylation is 2. The van der Waals surface area contributed by atoms with Crippen molar-refractivity contribution in [1.82, 2.24) is 5.32 Å². The zero-order valence-electron chi connectivity index (χ0n) is 17.1. The number of amides is 2. The van der Waals surface area contributed by atoms with Gasteiger partial charge in [-0.3, -0.25) is 14.4 Å². The van der Waals surface area contributed by atoms with Crippen molar-refractivity contribution in [2.75, 3.05) is 18.5 Å². The molecule has 1 unspecified atom stereocenters. The number of carbonyl (C=O) groups excluding carboxylic acids is 3. The van der Waals surface area contributed by atoms with Crippen LogP contribution in [0.25, 0.3) is 0 Å². The van der Waals surface area contributed by atoms with Gasteiger partial charge >= 0.3 is 5.97 Å². The predicted octanol–water partition coefficient (Wildman–Crippen LogP) is 3.00. The van der Waals surface area contributed by atoms with Gasteiger partial charge in [0.2, 0.25) is 0 Å². The molecule has 0 bridgehead atoms.